The summed E-state index contributed by atoms with van der Waals surface area (Å²) in [7, 11) is 0. The zero-order valence-corrected chi connectivity index (χ0v) is 10.5. The standard InChI is InChI=1S/C13H22O3/c1-9(8-14)10-5-6-13(4)11(7-10)15-12(2,3)16-13/h10-11,14H,1,5-8H2,2-4H3/t10-,11?,13?/m0/s1. The van der Waals surface area contributed by atoms with E-state index in [0.29, 0.717) is 5.92 Å². The third kappa shape index (κ3) is 2.04. The Labute approximate surface area is 97.4 Å². The Balaban J connectivity index is 2.08. The Hall–Kier alpha value is -0.380. The van der Waals surface area contributed by atoms with E-state index in [0.717, 1.165) is 24.8 Å². The maximum atomic E-state index is 9.12. The van der Waals surface area contributed by atoms with Crippen molar-refractivity contribution in [3.05, 3.63) is 12.2 Å². The van der Waals surface area contributed by atoms with Crippen molar-refractivity contribution in [2.45, 2.75) is 57.5 Å². The zero-order valence-electron chi connectivity index (χ0n) is 10.5. The monoisotopic (exact) mass is 226 g/mol. The molecular weight excluding hydrogens is 204 g/mol. The molecule has 2 aliphatic rings. The molecule has 1 saturated carbocycles. The Kier molecular flexibility index (Phi) is 2.89. The van der Waals surface area contributed by atoms with E-state index in [2.05, 4.69) is 13.5 Å². The lowest BCUT2D eigenvalue weighted by Crippen LogP contribution is -2.42. The average molecular weight is 226 g/mol. The van der Waals surface area contributed by atoms with E-state index in [1.165, 1.54) is 0 Å². The van der Waals surface area contributed by atoms with Crippen molar-refractivity contribution in [1.82, 2.24) is 0 Å². The molecular formula is C13H22O3. The van der Waals surface area contributed by atoms with Crippen LogP contribution in [0.4, 0.5) is 0 Å². The maximum Gasteiger partial charge on any atom is 0.164 e. The predicted molar refractivity (Wildman–Crippen MR) is 62.0 cm³/mol. The van der Waals surface area contributed by atoms with Gasteiger partial charge < -0.3 is 14.6 Å². The van der Waals surface area contributed by atoms with Crippen LogP contribution >= 0.6 is 0 Å². The summed E-state index contributed by atoms with van der Waals surface area (Å²) >= 11 is 0. The van der Waals surface area contributed by atoms with E-state index < -0.39 is 5.79 Å². The van der Waals surface area contributed by atoms with Gasteiger partial charge in [-0.25, -0.2) is 0 Å². The minimum Gasteiger partial charge on any atom is -0.392 e. The van der Waals surface area contributed by atoms with Gasteiger partial charge >= 0.3 is 0 Å². The smallest absolute Gasteiger partial charge is 0.164 e. The lowest BCUT2D eigenvalue weighted by Gasteiger charge is -2.37. The number of aliphatic hydroxyl groups is 1. The molecule has 1 saturated heterocycles. The molecule has 0 aromatic carbocycles. The van der Waals surface area contributed by atoms with Crippen molar-refractivity contribution < 1.29 is 14.6 Å². The molecule has 3 nitrogen and oxygen atoms in total. The van der Waals surface area contributed by atoms with E-state index >= 15 is 0 Å². The molecule has 0 aromatic heterocycles. The van der Waals surface area contributed by atoms with Crippen LogP contribution < -0.4 is 0 Å². The molecule has 0 radical (unpaired) electrons. The summed E-state index contributed by atoms with van der Waals surface area (Å²) in [6.45, 7) is 10.1. The highest BCUT2D eigenvalue weighted by Gasteiger charge is 2.52. The van der Waals surface area contributed by atoms with Crippen LogP contribution in [0, 0.1) is 5.92 Å². The number of ether oxygens (including phenoxy) is 2. The quantitative estimate of drug-likeness (QED) is 0.734. The Morgan fingerprint density at radius 1 is 1.44 bits per heavy atom. The molecule has 1 aliphatic heterocycles. The first-order chi connectivity index (χ1) is 7.36. The minimum absolute atomic E-state index is 0.0817. The van der Waals surface area contributed by atoms with E-state index in [1.54, 1.807) is 0 Å². The van der Waals surface area contributed by atoms with Gasteiger partial charge in [-0.15, -0.1) is 0 Å². The van der Waals surface area contributed by atoms with Crippen LogP contribution in [0.5, 0.6) is 0 Å². The van der Waals surface area contributed by atoms with E-state index in [1.807, 2.05) is 13.8 Å². The third-order valence-corrected chi connectivity index (χ3v) is 3.85. The van der Waals surface area contributed by atoms with Crippen molar-refractivity contribution in [2.24, 2.45) is 5.92 Å². The van der Waals surface area contributed by atoms with E-state index in [-0.39, 0.29) is 18.3 Å². The lowest BCUT2D eigenvalue weighted by atomic mass is 9.75. The first-order valence-electron chi connectivity index (χ1n) is 6.03. The summed E-state index contributed by atoms with van der Waals surface area (Å²) in [6.07, 6.45) is 3.06. The van der Waals surface area contributed by atoms with Crippen LogP contribution in [0.1, 0.15) is 40.0 Å². The summed E-state index contributed by atoms with van der Waals surface area (Å²) in [6, 6.07) is 0. The fourth-order valence-electron chi connectivity index (χ4n) is 2.96. The van der Waals surface area contributed by atoms with Gasteiger partial charge in [0.25, 0.3) is 0 Å². The molecule has 1 aliphatic carbocycles. The van der Waals surface area contributed by atoms with Crippen molar-refractivity contribution in [3.8, 4) is 0 Å². The molecule has 0 amide bonds. The van der Waals surface area contributed by atoms with Crippen molar-refractivity contribution >= 4 is 0 Å². The molecule has 16 heavy (non-hydrogen) atoms. The van der Waals surface area contributed by atoms with Crippen LogP contribution in [0.15, 0.2) is 12.2 Å². The summed E-state index contributed by atoms with van der Waals surface area (Å²) < 4.78 is 11.9. The van der Waals surface area contributed by atoms with Gasteiger partial charge in [0.15, 0.2) is 5.79 Å². The topological polar surface area (TPSA) is 38.7 Å². The fourth-order valence-corrected chi connectivity index (χ4v) is 2.96. The summed E-state index contributed by atoms with van der Waals surface area (Å²) in [5.41, 5.74) is 0.769. The molecule has 2 rings (SSSR count). The van der Waals surface area contributed by atoms with Crippen LogP contribution in [0.25, 0.3) is 0 Å². The van der Waals surface area contributed by atoms with Crippen molar-refractivity contribution in [2.75, 3.05) is 6.61 Å². The maximum absolute atomic E-state index is 9.12. The highest BCUT2D eigenvalue weighted by Crippen LogP contribution is 2.47. The number of hydrogen-bond acceptors (Lipinski definition) is 3. The number of aliphatic hydroxyl groups excluding tert-OH is 1. The molecule has 0 bridgehead atoms. The normalized spacial score (nSPS) is 41.8. The molecule has 1 N–H and O–H groups in total. The second-order valence-electron chi connectivity index (χ2n) is 5.71. The minimum atomic E-state index is -0.477. The second kappa shape index (κ2) is 3.83. The summed E-state index contributed by atoms with van der Waals surface area (Å²) in [4.78, 5) is 0. The van der Waals surface area contributed by atoms with Gasteiger partial charge in [-0.05, 0) is 51.5 Å². The van der Waals surface area contributed by atoms with Crippen LogP contribution in [-0.4, -0.2) is 29.2 Å². The van der Waals surface area contributed by atoms with Crippen molar-refractivity contribution in [3.63, 3.8) is 0 Å². The summed E-state index contributed by atoms with van der Waals surface area (Å²) in [5, 5.41) is 9.12. The van der Waals surface area contributed by atoms with Gasteiger partial charge in [0.05, 0.1) is 18.3 Å². The van der Waals surface area contributed by atoms with Gasteiger partial charge in [-0.1, -0.05) is 6.58 Å². The highest BCUT2D eigenvalue weighted by atomic mass is 16.8. The Morgan fingerprint density at radius 2 is 2.12 bits per heavy atom. The largest absolute Gasteiger partial charge is 0.392 e. The van der Waals surface area contributed by atoms with Crippen LogP contribution in [0.2, 0.25) is 0 Å². The molecule has 2 fully saturated rings. The molecule has 0 aromatic rings. The third-order valence-electron chi connectivity index (χ3n) is 3.85. The van der Waals surface area contributed by atoms with Gasteiger partial charge in [-0.2, -0.15) is 0 Å². The lowest BCUT2D eigenvalue weighted by molar-refractivity contribution is -0.160. The molecule has 1 heterocycles. The van der Waals surface area contributed by atoms with Gasteiger partial charge in [0.1, 0.15) is 0 Å². The molecule has 2 unspecified atom stereocenters. The number of fused-ring (bicyclic) bond motifs is 1. The van der Waals surface area contributed by atoms with Gasteiger partial charge in [0, 0.05) is 0 Å². The average Bonchev–Trinajstić information content (AvgIpc) is 2.44. The van der Waals surface area contributed by atoms with Crippen LogP contribution in [0.3, 0.4) is 0 Å². The Morgan fingerprint density at radius 3 is 2.75 bits per heavy atom. The highest BCUT2D eigenvalue weighted by molar-refractivity contribution is 5.08. The van der Waals surface area contributed by atoms with E-state index in [9.17, 15) is 0 Å². The molecule has 3 atom stereocenters. The van der Waals surface area contributed by atoms with Gasteiger partial charge in [0.2, 0.25) is 0 Å². The Bertz CT molecular complexity index is 298. The number of rotatable bonds is 2. The number of hydrogen-bond donors (Lipinski definition) is 1. The molecule has 3 heteroatoms. The van der Waals surface area contributed by atoms with Crippen LogP contribution in [-0.2, 0) is 9.47 Å². The fraction of sp³-hybridized carbons (Fsp3) is 0.846. The summed E-state index contributed by atoms with van der Waals surface area (Å²) in [5.74, 6) is -0.102. The zero-order chi connectivity index (χ0) is 12.0. The SMILES string of the molecule is C=C(CO)[C@H]1CCC2(C)OC(C)(C)OC2C1. The van der Waals surface area contributed by atoms with Gasteiger partial charge in [-0.3, -0.25) is 0 Å². The molecule has 92 valence electrons. The molecule has 0 spiro atoms. The van der Waals surface area contributed by atoms with Crippen molar-refractivity contribution in [1.29, 1.82) is 0 Å². The first-order valence-corrected chi connectivity index (χ1v) is 6.03. The second-order valence-corrected chi connectivity index (χ2v) is 5.71. The van der Waals surface area contributed by atoms with E-state index in [4.69, 9.17) is 14.6 Å². The predicted octanol–water partition coefficient (Wildman–Crippen LogP) is 2.25. The first kappa shape index (κ1) is 12.1.